The summed E-state index contributed by atoms with van der Waals surface area (Å²) in [5.41, 5.74) is 2.40. The zero-order valence-corrected chi connectivity index (χ0v) is 11.9. The third kappa shape index (κ3) is 3.16. The van der Waals surface area contributed by atoms with Crippen LogP contribution in [-0.2, 0) is 6.04 Å². The van der Waals surface area contributed by atoms with Crippen LogP contribution in [0.4, 0.5) is 0 Å². The SMILES string of the molecule is Cc1cccc(C[Si](C)(C)C(C)(C)C)n1. The predicted molar refractivity (Wildman–Crippen MR) is 69.9 cm³/mol. The summed E-state index contributed by atoms with van der Waals surface area (Å²) in [6, 6.07) is 7.52. The largest absolute Gasteiger partial charge is 0.258 e. The molecule has 0 aliphatic heterocycles. The maximum atomic E-state index is 4.61. The van der Waals surface area contributed by atoms with Crippen molar-refractivity contribution in [2.75, 3.05) is 0 Å². The van der Waals surface area contributed by atoms with E-state index >= 15 is 0 Å². The molecule has 0 saturated heterocycles. The first-order valence-corrected chi connectivity index (χ1v) is 8.86. The van der Waals surface area contributed by atoms with E-state index in [0.29, 0.717) is 5.04 Å². The monoisotopic (exact) mass is 221 g/mol. The van der Waals surface area contributed by atoms with Gasteiger partial charge in [0.25, 0.3) is 0 Å². The first kappa shape index (κ1) is 12.4. The highest BCUT2D eigenvalue weighted by Crippen LogP contribution is 2.37. The molecule has 0 unspecified atom stereocenters. The van der Waals surface area contributed by atoms with Gasteiger partial charge < -0.3 is 0 Å². The molecule has 15 heavy (non-hydrogen) atoms. The Morgan fingerprint density at radius 3 is 2.27 bits per heavy atom. The maximum absolute atomic E-state index is 4.61. The number of pyridine rings is 1. The molecule has 0 aliphatic rings. The summed E-state index contributed by atoms with van der Waals surface area (Å²) < 4.78 is 0. The first-order chi connectivity index (χ1) is 6.72. The first-order valence-electron chi connectivity index (χ1n) is 5.65. The van der Waals surface area contributed by atoms with Crippen molar-refractivity contribution < 1.29 is 0 Å². The smallest absolute Gasteiger partial charge is 0.0590 e. The van der Waals surface area contributed by atoms with Crippen molar-refractivity contribution in [2.24, 2.45) is 0 Å². The van der Waals surface area contributed by atoms with Gasteiger partial charge in [-0.2, -0.15) is 0 Å². The van der Waals surface area contributed by atoms with Crippen LogP contribution in [-0.4, -0.2) is 13.1 Å². The van der Waals surface area contributed by atoms with Crippen LogP contribution in [0.5, 0.6) is 0 Å². The molecule has 1 nitrogen and oxygen atoms in total. The third-order valence-corrected chi connectivity index (χ3v) is 8.91. The highest BCUT2D eigenvalue weighted by molar-refractivity contribution is 6.79. The second-order valence-corrected chi connectivity index (χ2v) is 11.7. The Morgan fingerprint density at radius 2 is 1.80 bits per heavy atom. The summed E-state index contributed by atoms with van der Waals surface area (Å²) in [5.74, 6) is 0. The standard InChI is InChI=1S/C13H23NSi/c1-11-8-7-9-12(14-11)10-15(5,6)13(2,3)4/h7-9H,10H2,1-6H3. The lowest BCUT2D eigenvalue weighted by atomic mass is 10.2. The van der Waals surface area contributed by atoms with Crippen LogP contribution in [0, 0.1) is 6.92 Å². The molecule has 84 valence electrons. The molecule has 0 atom stereocenters. The molecule has 0 amide bonds. The molecule has 0 aliphatic carbocycles. The van der Waals surface area contributed by atoms with E-state index in [1.165, 1.54) is 11.7 Å². The van der Waals surface area contributed by atoms with E-state index in [1.54, 1.807) is 0 Å². The number of aromatic nitrogens is 1. The molecule has 2 heteroatoms. The fraction of sp³-hybridized carbons (Fsp3) is 0.615. The Balaban J connectivity index is 2.87. The quantitative estimate of drug-likeness (QED) is 0.688. The number of nitrogens with zero attached hydrogens (tertiary/aromatic N) is 1. The average molecular weight is 221 g/mol. The maximum Gasteiger partial charge on any atom is 0.0590 e. The molecule has 0 N–H and O–H groups in total. The van der Waals surface area contributed by atoms with Gasteiger partial charge in [0.1, 0.15) is 0 Å². The molecular formula is C13H23NSi. The zero-order chi connectivity index (χ0) is 11.7. The van der Waals surface area contributed by atoms with Gasteiger partial charge in [0.05, 0.1) is 8.07 Å². The van der Waals surface area contributed by atoms with Crippen LogP contribution in [0.15, 0.2) is 18.2 Å². The summed E-state index contributed by atoms with van der Waals surface area (Å²) in [4.78, 5) is 4.61. The van der Waals surface area contributed by atoms with Crippen molar-refractivity contribution in [2.45, 2.75) is 51.9 Å². The topological polar surface area (TPSA) is 12.9 Å². The average Bonchev–Trinajstić information content (AvgIpc) is 2.00. The Hall–Kier alpha value is -0.633. The third-order valence-electron chi connectivity index (χ3n) is 3.60. The van der Waals surface area contributed by atoms with E-state index in [0.717, 1.165) is 5.69 Å². The van der Waals surface area contributed by atoms with Gasteiger partial charge in [-0.3, -0.25) is 4.98 Å². The lowest BCUT2D eigenvalue weighted by molar-refractivity contribution is 0.712. The number of hydrogen-bond acceptors (Lipinski definition) is 1. The minimum atomic E-state index is -1.23. The van der Waals surface area contributed by atoms with Crippen molar-refractivity contribution >= 4 is 8.07 Å². The molecule has 1 heterocycles. The second-order valence-electron chi connectivity index (χ2n) is 6.08. The van der Waals surface area contributed by atoms with Gasteiger partial charge in [0.2, 0.25) is 0 Å². The lowest BCUT2D eigenvalue weighted by Crippen LogP contribution is -2.40. The van der Waals surface area contributed by atoms with Crippen molar-refractivity contribution in [1.29, 1.82) is 0 Å². The van der Waals surface area contributed by atoms with Crippen LogP contribution >= 0.6 is 0 Å². The molecule has 0 bridgehead atoms. The van der Waals surface area contributed by atoms with Crippen LogP contribution in [0.2, 0.25) is 18.1 Å². The summed E-state index contributed by atoms with van der Waals surface area (Å²) in [6.07, 6.45) is 0. The number of hydrogen-bond donors (Lipinski definition) is 0. The van der Waals surface area contributed by atoms with E-state index in [1.807, 2.05) is 0 Å². The van der Waals surface area contributed by atoms with Gasteiger partial charge in [-0.15, -0.1) is 0 Å². The number of rotatable bonds is 2. The Kier molecular flexibility index (Phi) is 3.39. The van der Waals surface area contributed by atoms with E-state index < -0.39 is 8.07 Å². The molecule has 0 radical (unpaired) electrons. The fourth-order valence-electron chi connectivity index (χ4n) is 1.42. The molecule has 0 fully saturated rings. The Bertz CT molecular complexity index is 337. The van der Waals surface area contributed by atoms with Crippen LogP contribution in [0.25, 0.3) is 0 Å². The normalized spacial score (nSPS) is 12.9. The predicted octanol–water partition coefficient (Wildman–Crippen LogP) is 3.98. The second kappa shape index (κ2) is 4.09. The Morgan fingerprint density at radius 1 is 1.20 bits per heavy atom. The summed E-state index contributed by atoms with van der Waals surface area (Å²) in [5, 5.41) is 0.443. The van der Waals surface area contributed by atoms with Gasteiger partial charge in [-0.05, 0) is 30.1 Å². The van der Waals surface area contributed by atoms with Gasteiger partial charge in [-0.1, -0.05) is 39.9 Å². The van der Waals surface area contributed by atoms with Gasteiger partial charge in [0.15, 0.2) is 0 Å². The molecule has 0 saturated carbocycles. The van der Waals surface area contributed by atoms with Crippen molar-refractivity contribution in [3.05, 3.63) is 29.6 Å². The highest BCUT2D eigenvalue weighted by Gasteiger charge is 2.35. The molecule has 1 rings (SSSR count). The number of aryl methyl sites for hydroxylation is 1. The molecule has 0 aromatic carbocycles. The molecule has 0 spiro atoms. The minimum Gasteiger partial charge on any atom is -0.258 e. The van der Waals surface area contributed by atoms with Crippen molar-refractivity contribution in [3.63, 3.8) is 0 Å². The highest BCUT2D eigenvalue weighted by atomic mass is 28.3. The van der Waals surface area contributed by atoms with Crippen LogP contribution in [0.3, 0.4) is 0 Å². The van der Waals surface area contributed by atoms with Crippen LogP contribution in [0.1, 0.15) is 32.2 Å². The zero-order valence-electron chi connectivity index (χ0n) is 10.9. The molecular weight excluding hydrogens is 198 g/mol. The van der Waals surface area contributed by atoms with Gasteiger partial charge in [-0.25, -0.2) is 0 Å². The van der Waals surface area contributed by atoms with E-state index in [-0.39, 0.29) is 0 Å². The van der Waals surface area contributed by atoms with Gasteiger partial charge >= 0.3 is 0 Å². The molecule has 1 aromatic rings. The molecule has 1 aromatic heterocycles. The van der Waals surface area contributed by atoms with Crippen molar-refractivity contribution in [1.82, 2.24) is 4.98 Å². The van der Waals surface area contributed by atoms with E-state index in [9.17, 15) is 0 Å². The van der Waals surface area contributed by atoms with Crippen molar-refractivity contribution in [3.8, 4) is 0 Å². The summed E-state index contributed by atoms with van der Waals surface area (Å²) in [6.45, 7) is 14.0. The summed E-state index contributed by atoms with van der Waals surface area (Å²) in [7, 11) is -1.23. The lowest BCUT2D eigenvalue weighted by Gasteiger charge is -2.36. The van der Waals surface area contributed by atoms with E-state index in [4.69, 9.17) is 0 Å². The summed E-state index contributed by atoms with van der Waals surface area (Å²) >= 11 is 0. The van der Waals surface area contributed by atoms with E-state index in [2.05, 4.69) is 64.0 Å². The van der Waals surface area contributed by atoms with Gasteiger partial charge in [0, 0.05) is 11.4 Å². The minimum absolute atomic E-state index is 0.443. The van der Waals surface area contributed by atoms with Crippen LogP contribution < -0.4 is 0 Å². The Labute approximate surface area is 95.0 Å². The fourth-order valence-corrected chi connectivity index (χ4v) is 3.05.